The van der Waals surface area contributed by atoms with E-state index in [2.05, 4.69) is 38.1 Å². The number of rotatable bonds is 4. The van der Waals surface area contributed by atoms with Crippen molar-refractivity contribution in [2.75, 3.05) is 25.0 Å². The molecule has 1 unspecified atom stereocenters. The first-order valence-corrected chi connectivity index (χ1v) is 8.79. The van der Waals surface area contributed by atoms with Gasteiger partial charge in [0.15, 0.2) is 11.4 Å². The van der Waals surface area contributed by atoms with E-state index in [4.69, 9.17) is 4.42 Å². The van der Waals surface area contributed by atoms with Crippen molar-refractivity contribution in [2.45, 2.75) is 32.4 Å². The summed E-state index contributed by atoms with van der Waals surface area (Å²) in [7, 11) is 2.14. The van der Waals surface area contributed by atoms with E-state index in [9.17, 15) is 0 Å². The zero-order valence-corrected chi connectivity index (χ0v) is 14.7. The molecular formula is C19H23N5O. The van der Waals surface area contributed by atoms with E-state index < -0.39 is 0 Å². The van der Waals surface area contributed by atoms with Crippen molar-refractivity contribution >= 4 is 16.9 Å². The highest BCUT2D eigenvalue weighted by atomic mass is 16.3. The Morgan fingerprint density at radius 2 is 2.08 bits per heavy atom. The van der Waals surface area contributed by atoms with E-state index in [1.807, 2.05) is 37.3 Å². The SMILES string of the molecule is Cc1ccc(N2CCCC(N(C)Cc3nc4ccccc4o3)C2)nn1. The molecule has 1 aliphatic heterocycles. The average molecular weight is 337 g/mol. The number of para-hydroxylation sites is 2. The molecule has 1 aliphatic rings. The lowest BCUT2D eigenvalue weighted by atomic mass is 10.0. The Bertz CT molecular complexity index is 811. The standard InChI is InChI=1S/C19H23N5O/c1-14-9-10-18(22-21-14)24-11-5-6-15(12-24)23(2)13-19-20-16-7-3-4-8-17(16)25-19/h3-4,7-10,15H,5-6,11-13H2,1-2H3. The summed E-state index contributed by atoms with van der Waals surface area (Å²) in [6, 6.07) is 12.4. The number of likely N-dealkylation sites (N-methyl/N-ethyl adjacent to an activating group) is 1. The van der Waals surface area contributed by atoms with E-state index in [0.29, 0.717) is 12.6 Å². The number of hydrogen-bond acceptors (Lipinski definition) is 6. The van der Waals surface area contributed by atoms with Crippen LogP contribution < -0.4 is 4.90 Å². The molecule has 0 aliphatic carbocycles. The van der Waals surface area contributed by atoms with Crippen LogP contribution in [0.15, 0.2) is 40.8 Å². The Labute approximate surface area is 147 Å². The van der Waals surface area contributed by atoms with Crippen molar-refractivity contribution in [3.05, 3.63) is 48.0 Å². The van der Waals surface area contributed by atoms with Crippen LogP contribution in [0.3, 0.4) is 0 Å². The third-order valence-corrected chi connectivity index (χ3v) is 4.85. The Kier molecular flexibility index (Phi) is 4.36. The van der Waals surface area contributed by atoms with Crippen molar-refractivity contribution in [2.24, 2.45) is 0 Å². The summed E-state index contributed by atoms with van der Waals surface area (Å²) in [4.78, 5) is 9.24. The highest BCUT2D eigenvalue weighted by Gasteiger charge is 2.25. The van der Waals surface area contributed by atoms with Gasteiger partial charge < -0.3 is 9.32 Å². The molecule has 3 aromatic rings. The first kappa shape index (κ1) is 16.0. The molecule has 0 N–H and O–H groups in total. The monoisotopic (exact) mass is 337 g/mol. The summed E-state index contributed by atoms with van der Waals surface area (Å²) in [5.74, 6) is 1.74. The maximum atomic E-state index is 5.87. The Morgan fingerprint density at radius 3 is 2.88 bits per heavy atom. The van der Waals surface area contributed by atoms with Crippen molar-refractivity contribution in [3.63, 3.8) is 0 Å². The molecule has 25 heavy (non-hydrogen) atoms. The number of hydrogen-bond donors (Lipinski definition) is 0. The summed E-state index contributed by atoms with van der Waals surface area (Å²) in [6.07, 6.45) is 2.32. The smallest absolute Gasteiger partial charge is 0.209 e. The zero-order valence-electron chi connectivity index (χ0n) is 14.7. The molecule has 130 valence electrons. The van der Waals surface area contributed by atoms with Crippen molar-refractivity contribution in [3.8, 4) is 0 Å². The van der Waals surface area contributed by atoms with Gasteiger partial charge in [0.2, 0.25) is 5.89 Å². The maximum absolute atomic E-state index is 5.87. The Morgan fingerprint density at radius 1 is 1.20 bits per heavy atom. The Hall–Kier alpha value is -2.47. The van der Waals surface area contributed by atoms with Crippen LogP contribution in [-0.2, 0) is 6.54 Å². The van der Waals surface area contributed by atoms with Crippen molar-refractivity contribution in [1.29, 1.82) is 0 Å². The average Bonchev–Trinajstić information content (AvgIpc) is 3.04. The van der Waals surface area contributed by atoms with E-state index in [1.165, 1.54) is 6.42 Å². The lowest BCUT2D eigenvalue weighted by Gasteiger charge is -2.37. The molecule has 4 rings (SSSR count). The minimum Gasteiger partial charge on any atom is -0.439 e. The van der Waals surface area contributed by atoms with E-state index in [1.54, 1.807) is 0 Å². The number of oxazole rings is 1. The molecule has 0 radical (unpaired) electrons. The number of benzene rings is 1. The van der Waals surface area contributed by atoms with E-state index in [0.717, 1.165) is 48.0 Å². The lowest BCUT2D eigenvalue weighted by Crippen LogP contribution is -2.46. The molecule has 1 saturated heterocycles. The number of aromatic nitrogens is 3. The third-order valence-electron chi connectivity index (χ3n) is 4.85. The largest absolute Gasteiger partial charge is 0.439 e. The Balaban J connectivity index is 1.44. The van der Waals surface area contributed by atoms with Gasteiger partial charge in [0.1, 0.15) is 5.52 Å². The zero-order chi connectivity index (χ0) is 17.2. The topological polar surface area (TPSA) is 58.3 Å². The van der Waals surface area contributed by atoms with Crippen LogP contribution in [0.4, 0.5) is 5.82 Å². The molecule has 2 aromatic heterocycles. The molecule has 6 heteroatoms. The summed E-state index contributed by atoms with van der Waals surface area (Å²) in [5, 5.41) is 8.52. The highest BCUT2D eigenvalue weighted by Crippen LogP contribution is 2.22. The molecule has 1 atom stereocenters. The minimum absolute atomic E-state index is 0.451. The van der Waals surface area contributed by atoms with Crippen LogP contribution in [0.25, 0.3) is 11.1 Å². The van der Waals surface area contributed by atoms with E-state index in [-0.39, 0.29) is 0 Å². The summed E-state index contributed by atoms with van der Waals surface area (Å²) >= 11 is 0. The minimum atomic E-state index is 0.451. The number of aryl methyl sites for hydroxylation is 1. The van der Waals surface area contributed by atoms with Crippen LogP contribution in [-0.4, -0.2) is 46.3 Å². The van der Waals surface area contributed by atoms with Crippen molar-refractivity contribution in [1.82, 2.24) is 20.1 Å². The van der Waals surface area contributed by atoms with Crippen LogP contribution in [0.1, 0.15) is 24.4 Å². The van der Waals surface area contributed by atoms with Gasteiger partial charge in [0.25, 0.3) is 0 Å². The number of piperidine rings is 1. The van der Waals surface area contributed by atoms with Gasteiger partial charge in [-0.1, -0.05) is 12.1 Å². The normalized spacial score (nSPS) is 18.2. The fourth-order valence-electron chi connectivity index (χ4n) is 3.41. The fourth-order valence-corrected chi connectivity index (χ4v) is 3.41. The lowest BCUT2D eigenvalue weighted by molar-refractivity contribution is 0.192. The molecule has 0 saturated carbocycles. The highest BCUT2D eigenvalue weighted by molar-refractivity contribution is 5.72. The fraction of sp³-hybridized carbons (Fsp3) is 0.421. The van der Waals surface area contributed by atoms with Gasteiger partial charge in [-0.25, -0.2) is 4.98 Å². The van der Waals surface area contributed by atoms with Crippen LogP contribution in [0.2, 0.25) is 0 Å². The quantitative estimate of drug-likeness (QED) is 0.729. The van der Waals surface area contributed by atoms with Crippen LogP contribution in [0.5, 0.6) is 0 Å². The second-order valence-corrected chi connectivity index (χ2v) is 6.77. The second-order valence-electron chi connectivity index (χ2n) is 6.77. The molecule has 0 bridgehead atoms. The molecule has 1 fully saturated rings. The predicted molar refractivity (Wildman–Crippen MR) is 97.5 cm³/mol. The summed E-state index contributed by atoms with van der Waals surface area (Å²) < 4.78 is 5.87. The van der Waals surface area contributed by atoms with E-state index >= 15 is 0 Å². The molecule has 3 heterocycles. The van der Waals surface area contributed by atoms with Crippen molar-refractivity contribution < 1.29 is 4.42 Å². The van der Waals surface area contributed by atoms with Gasteiger partial charge >= 0.3 is 0 Å². The molecule has 6 nitrogen and oxygen atoms in total. The molecule has 1 aromatic carbocycles. The first-order chi connectivity index (χ1) is 12.2. The van der Waals surface area contributed by atoms with Gasteiger partial charge in [-0.05, 0) is 51.1 Å². The second kappa shape index (κ2) is 6.80. The van der Waals surface area contributed by atoms with Gasteiger partial charge in [0.05, 0.1) is 12.2 Å². The number of nitrogens with zero attached hydrogens (tertiary/aromatic N) is 5. The maximum Gasteiger partial charge on any atom is 0.209 e. The summed E-state index contributed by atoms with van der Waals surface area (Å²) in [6.45, 7) is 4.66. The van der Waals surface area contributed by atoms with Gasteiger partial charge in [-0.3, -0.25) is 4.90 Å². The van der Waals surface area contributed by atoms with Gasteiger partial charge in [-0.2, -0.15) is 5.10 Å². The van der Waals surface area contributed by atoms with Crippen LogP contribution >= 0.6 is 0 Å². The molecule has 0 amide bonds. The third kappa shape index (κ3) is 3.49. The molecular weight excluding hydrogens is 314 g/mol. The van der Waals surface area contributed by atoms with Gasteiger partial charge in [-0.15, -0.1) is 5.10 Å². The van der Waals surface area contributed by atoms with Gasteiger partial charge in [0, 0.05) is 19.1 Å². The molecule has 0 spiro atoms. The predicted octanol–water partition coefficient (Wildman–Crippen LogP) is 3.03. The number of fused-ring (bicyclic) bond motifs is 1. The first-order valence-electron chi connectivity index (χ1n) is 8.79. The summed E-state index contributed by atoms with van der Waals surface area (Å²) in [5.41, 5.74) is 2.72. The number of anilines is 1. The van der Waals surface area contributed by atoms with Crippen LogP contribution in [0, 0.1) is 6.92 Å².